The molecule has 1 aliphatic heterocycles. The van der Waals surface area contributed by atoms with Crippen LogP contribution in [0.25, 0.3) is 0 Å². The molecular weight excluding hydrogens is 252 g/mol. The third kappa shape index (κ3) is 3.17. The Kier molecular flexibility index (Phi) is 4.16. The van der Waals surface area contributed by atoms with Gasteiger partial charge in [-0.1, -0.05) is 24.3 Å². The molecular formula is C16H20N2S. The van der Waals surface area contributed by atoms with E-state index in [9.17, 15) is 0 Å². The first-order valence-electron chi connectivity index (χ1n) is 6.98. The number of para-hydroxylation sites is 1. The van der Waals surface area contributed by atoms with Gasteiger partial charge in [0.05, 0.1) is 6.54 Å². The Hall–Kier alpha value is -1.32. The Morgan fingerprint density at radius 1 is 1.05 bits per heavy atom. The summed E-state index contributed by atoms with van der Waals surface area (Å²) in [5.41, 5.74) is 1.35. The van der Waals surface area contributed by atoms with E-state index in [0.717, 1.165) is 19.6 Å². The van der Waals surface area contributed by atoms with Gasteiger partial charge < -0.3 is 10.2 Å². The normalized spacial score (nSPS) is 16.4. The minimum absolute atomic E-state index is 0.658. The van der Waals surface area contributed by atoms with Crippen molar-refractivity contribution in [1.29, 1.82) is 0 Å². The Morgan fingerprint density at radius 2 is 1.84 bits per heavy atom. The van der Waals surface area contributed by atoms with Gasteiger partial charge in [0.15, 0.2) is 0 Å². The van der Waals surface area contributed by atoms with Crippen LogP contribution in [0.5, 0.6) is 0 Å². The van der Waals surface area contributed by atoms with Crippen LogP contribution in [0.1, 0.15) is 17.7 Å². The summed E-state index contributed by atoms with van der Waals surface area (Å²) in [5, 5.41) is 5.62. The first kappa shape index (κ1) is 12.7. The summed E-state index contributed by atoms with van der Waals surface area (Å²) in [5.74, 6) is 0. The summed E-state index contributed by atoms with van der Waals surface area (Å²) in [6, 6.07) is 15.9. The van der Waals surface area contributed by atoms with Crippen molar-refractivity contribution in [2.75, 3.05) is 18.0 Å². The maximum Gasteiger partial charge on any atom is 0.0525 e. The van der Waals surface area contributed by atoms with Gasteiger partial charge in [-0.2, -0.15) is 0 Å². The number of piperidine rings is 1. The number of hydrogen-bond acceptors (Lipinski definition) is 3. The van der Waals surface area contributed by atoms with Gasteiger partial charge in [-0.15, -0.1) is 11.3 Å². The Morgan fingerprint density at radius 3 is 2.53 bits per heavy atom. The lowest BCUT2D eigenvalue weighted by atomic mass is 10.0. The van der Waals surface area contributed by atoms with E-state index in [-0.39, 0.29) is 0 Å². The number of benzene rings is 1. The minimum Gasteiger partial charge on any atom is -0.363 e. The molecule has 2 aromatic rings. The van der Waals surface area contributed by atoms with E-state index >= 15 is 0 Å². The van der Waals surface area contributed by atoms with Crippen molar-refractivity contribution in [2.45, 2.75) is 25.4 Å². The molecule has 0 amide bonds. The quantitative estimate of drug-likeness (QED) is 0.916. The first-order valence-corrected chi connectivity index (χ1v) is 7.86. The van der Waals surface area contributed by atoms with E-state index in [1.807, 2.05) is 11.3 Å². The maximum atomic E-state index is 3.46. The zero-order valence-corrected chi connectivity index (χ0v) is 11.9. The fourth-order valence-corrected chi connectivity index (χ4v) is 3.44. The molecule has 2 nitrogen and oxygen atoms in total. The molecule has 0 saturated carbocycles. The molecule has 3 rings (SSSR count). The lowest BCUT2D eigenvalue weighted by molar-refractivity contribution is 0.429. The smallest absolute Gasteiger partial charge is 0.0525 e. The monoisotopic (exact) mass is 272 g/mol. The first-order chi connectivity index (χ1) is 9.43. The van der Waals surface area contributed by atoms with Gasteiger partial charge in [0, 0.05) is 16.6 Å². The van der Waals surface area contributed by atoms with Crippen molar-refractivity contribution in [3.8, 4) is 0 Å². The molecule has 1 aromatic heterocycles. The van der Waals surface area contributed by atoms with Crippen LogP contribution in [0.4, 0.5) is 5.69 Å². The fraction of sp³-hybridized carbons (Fsp3) is 0.375. The molecule has 0 atom stereocenters. The lowest BCUT2D eigenvalue weighted by Crippen LogP contribution is -2.42. The average Bonchev–Trinajstić information content (AvgIpc) is 3.00. The van der Waals surface area contributed by atoms with Gasteiger partial charge in [0.25, 0.3) is 0 Å². The zero-order chi connectivity index (χ0) is 12.9. The van der Waals surface area contributed by atoms with Gasteiger partial charge in [0.1, 0.15) is 0 Å². The van der Waals surface area contributed by atoms with Crippen molar-refractivity contribution in [3.63, 3.8) is 0 Å². The van der Waals surface area contributed by atoms with Crippen molar-refractivity contribution in [1.82, 2.24) is 5.32 Å². The third-order valence-electron chi connectivity index (χ3n) is 3.74. The summed E-state index contributed by atoms with van der Waals surface area (Å²) in [4.78, 5) is 4.02. The number of nitrogens with one attached hydrogen (secondary N) is 1. The predicted octanol–water partition coefficient (Wildman–Crippen LogP) is 3.51. The van der Waals surface area contributed by atoms with E-state index in [2.05, 4.69) is 58.1 Å². The second kappa shape index (κ2) is 6.22. The van der Waals surface area contributed by atoms with Gasteiger partial charge in [-0.05, 0) is 49.5 Å². The van der Waals surface area contributed by atoms with E-state index in [1.165, 1.54) is 23.4 Å². The van der Waals surface area contributed by atoms with E-state index in [0.29, 0.717) is 6.04 Å². The molecule has 2 heterocycles. The van der Waals surface area contributed by atoms with Gasteiger partial charge >= 0.3 is 0 Å². The van der Waals surface area contributed by atoms with E-state index < -0.39 is 0 Å². The van der Waals surface area contributed by atoms with Crippen LogP contribution in [0.2, 0.25) is 0 Å². The van der Waals surface area contributed by atoms with Crippen LogP contribution in [0, 0.1) is 0 Å². The third-order valence-corrected chi connectivity index (χ3v) is 4.60. The molecule has 3 heteroatoms. The average molecular weight is 272 g/mol. The minimum atomic E-state index is 0.658. The lowest BCUT2D eigenvalue weighted by Gasteiger charge is -2.36. The Labute approximate surface area is 119 Å². The van der Waals surface area contributed by atoms with Gasteiger partial charge in [-0.3, -0.25) is 0 Å². The highest BCUT2D eigenvalue weighted by Crippen LogP contribution is 2.25. The number of rotatable bonds is 4. The van der Waals surface area contributed by atoms with Crippen molar-refractivity contribution >= 4 is 17.0 Å². The highest BCUT2D eigenvalue weighted by atomic mass is 32.1. The predicted molar refractivity (Wildman–Crippen MR) is 82.8 cm³/mol. The molecule has 0 bridgehead atoms. The van der Waals surface area contributed by atoms with Gasteiger partial charge in [0.2, 0.25) is 0 Å². The second-order valence-corrected chi connectivity index (χ2v) is 6.06. The second-order valence-electron chi connectivity index (χ2n) is 5.02. The van der Waals surface area contributed by atoms with Crippen LogP contribution in [0.3, 0.4) is 0 Å². The fourth-order valence-electron chi connectivity index (χ4n) is 2.74. The molecule has 1 fully saturated rings. The molecule has 1 N–H and O–H groups in total. The van der Waals surface area contributed by atoms with Crippen molar-refractivity contribution < 1.29 is 0 Å². The highest BCUT2D eigenvalue weighted by molar-refractivity contribution is 7.09. The molecule has 100 valence electrons. The molecule has 1 aromatic carbocycles. The van der Waals surface area contributed by atoms with Crippen molar-refractivity contribution in [2.24, 2.45) is 0 Å². The van der Waals surface area contributed by atoms with E-state index in [1.54, 1.807) is 0 Å². The molecule has 1 aliphatic rings. The van der Waals surface area contributed by atoms with Crippen LogP contribution >= 0.6 is 11.3 Å². The molecule has 0 spiro atoms. The SMILES string of the molecule is c1ccc(N(Cc2cccs2)C2CCNCC2)cc1. The number of nitrogens with zero attached hydrogens (tertiary/aromatic N) is 1. The Bertz CT molecular complexity index is 475. The highest BCUT2D eigenvalue weighted by Gasteiger charge is 2.21. The summed E-state index contributed by atoms with van der Waals surface area (Å²) in [6.07, 6.45) is 2.47. The topological polar surface area (TPSA) is 15.3 Å². The summed E-state index contributed by atoms with van der Waals surface area (Å²) in [6.45, 7) is 3.31. The maximum absolute atomic E-state index is 3.46. The molecule has 19 heavy (non-hydrogen) atoms. The van der Waals surface area contributed by atoms with Crippen LogP contribution in [-0.2, 0) is 6.54 Å². The van der Waals surface area contributed by atoms with Crippen molar-refractivity contribution in [3.05, 3.63) is 52.7 Å². The number of hydrogen-bond donors (Lipinski definition) is 1. The van der Waals surface area contributed by atoms with Crippen LogP contribution in [0.15, 0.2) is 47.8 Å². The van der Waals surface area contributed by atoms with E-state index in [4.69, 9.17) is 0 Å². The number of thiophene rings is 1. The summed E-state index contributed by atoms with van der Waals surface area (Å²) >= 11 is 1.85. The summed E-state index contributed by atoms with van der Waals surface area (Å²) < 4.78 is 0. The molecule has 0 radical (unpaired) electrons. The largest absolute Gasteiger partial charge is 0.363 e. The van der Waals surface area contributed by atoms with Crippen LogP contribution < -0.4 is 10.2 Å². The summed E-state index contributed by atoms with van der Waals surface area (Å²) in [7, 11) is 0. The molecule has 0 unspecified atom stereocenters. The number of anilines is 1. The Balaban J connectivity index is 1.82. The standard InChI is InChI=1S/C16H20N2S/c1-2-5-14(6-3-1)18(13-16-7-4-12-19-16)15-8-10-17-11-9-15/h1-7,12,15,17H,8-11,13H2. The zero-order valence-electron chi connectivity index (χ0n) is 11.1. The van der Waals surface area contributed by atoms with Crippen LogP contribution in [-0.4, -0.2) is 19.1 Å². The van der Waals surface area contributed by atoms with Gasteiger partial charge in [-0.25, -0.2) is 0 Å². The molecule has 1 saturated heterocycles. The molecule has 0 aliphatic carbocycles.